The second-order valence-electron chi connectivity index (χ2n) is 7.85. The van der Waals surface area contributed by atoms with Crippen LogP contribution in [0.25, 0.3) is 0 Å². The average Bonchev–Trinajstić information content (AvgIpc) is 3.09. The van der Waals surface area contributed by atoms with Gasteiger partial charge in [0.2, 0.25) is 0 Å². The van der Waals surface area contributed by atoms with E-state index in [9.17, 15) is 18.7 Å². The van der Waals surface area contributed by atoms with Crippen molar-refractivity contribution in [3.8, 4) is 0 Å². The molecule has 7 atom stereocenters. The summed E-state index contributed by atoms with van der Waals surface area (Å²) < 4.78 is 34.6. The summed E-state index contributed by atoms with van der Waals surface area (Å²) >= 11 is 0. The van der Waals surface area contributed by atoms with Crippen molar-refractivity contribution in [1.29, 1.82) is 0 Å². The van der Waals surface area contributed by atoms with E-state index in [0.29, 0.717) is 25.0 Å². The Kier molecular flexibility index (Phi) is 8.27. The molecule has 1 aliphatic heterocycles. The van der Waals surface area contributed by atoms with Gasteiger partial charge in [-0.15, -0.1) is 0 Å². The Bertz CT molecular complexity index is 548. The number of allylic oxidation sites excluding steroid dienone is 3. The topological polar surface area (TPSA) is 66.8 Å². The Morgan fingerprint density at radius 3 is 2.81 bits per heavy atom. The Balaban J connectivity index is 1.95. The zero-order valence-corrected chi connectivity index (χ0v) is 16.2. The first-order valence-electron chi connectivity index (χ1n) is 10.1. The maximum atomic E-state index is 14.9. The quantitative estimate of drug-likeness (QED) is 0.426. The van der Waals surface area contributed by atoms with E-state index in [4.69, 9.17) is 9.84 Å². The zero-order chi connectivity index (χ0) is 20.0. The predicted octanol–water partition coefficient (Wildman–Crippen LogP) is 4.58. The van der Waals surface area contributed by atoms with E-state index in [0.717, 1.165) is 19.3 Å². The van der Waals surface area contributed by atoms with Crippen molar-refractivity contribution in [2.45, 2.75) is 83.3 Å². The molecule has 4 nitrogen and oxygen atoms in total. The molecule has 2 N–H and O–H groups in total. The molecule has 154 valence electrons. The molecule has 1 saturated carbocycles. The lowest BCUT2D eigenvalue weighted by molar-refractivity contribution is -0.137. The largest absolute Gasteiger partial charge is 0.492 e. The van der Waals surface area contributed by atoms with Crippen LogP contribution in [0, 0.1) is 17.8 Å². The van der Waals surface area contributed by atoms with Gasteiger partial charge in [0.25, 0.3) is 0 Å². The van der Waals surface area contributed by atoms with Crippen LogP contribution in [0.1, 0.15) is 58.8 Å². The van der Waals surface area contributed by atoms with E-state index >= 15 is 0 Å². The molecular weight excluding hydrogens is 354 g/mol. The van der Waals surface area contributed by atoms with Crippen LogP contribution in [0.4, 0.5) is 8.78 Å². The summed E-state index contributed by atoms with van der Waals surface area (Å²) in [7, 11) is 0. The predicted molar refractivity (Wildman–Crippen MR) is 99.7 cm³/mol. The highest BCUT2D eigenvalue weighted by Gasteiger charge is 2.52. The van der Waals surface area contributed by atoms with Crippen molar-refractivity contribution >= 4 is 5.97 Å². The molecule has 0 aromatic carbocycles. The number of aliphatic carboxylic acids is 1. The third kappa shape index (κ3) is 5.77. The molecule has 0 aromatic heterocycles. The molecule has 1 heterocycles. The van der Waals surface area contributed by atoms with Crippen LogP contribution in [0.5, 0.6) is 0 Å². The number of rotatable bonds is 10. The summed E-state index contributed by atoms with van der Waals surface area (Å²) in [6.07, 6.45) is 4.63. The van der Waals surface area contributed by atoms with Crippen LogP contribution in [0.15, 0.2) is 24.0 Å². The number of aliphatic hydroxyl groups is 1. The standard InChI is InChI=1S/C21H32F2O4/c1-3-4-7-15(22)16(24)11-10-14-13(2)12-18-20(14)21(23)17(27-18)8-5-6-9-19(25)26/h8,10-11,13-16,18,20-21,24H,3-7,9,12H2,1-2H3,(H,25,26)/b11-10+,17-8-/t13-,14+,15?,16-,18+,20-,21?/m1/s1. The summed E-state index contributed by atoms with van der Waals surface area (Å²) in [6, 6.07) is 0. The van der Waals surface area contributed by atoms with Gasteiger partial charge >= 0.3 is 5.97 Å². The average molecular weight is 386 g/mol. The fraction of sp³-hybridized carbons (Fsp3) is 0.762. The normalized spacial score (nSPS) is 34.0. The number of aliphatic hydroxyl groups excluding tert-OH is 1. The van der Waals surface area contributed by atoms with E-state index < -0.39 is 24.4 Å². The molecule has 0 aromatic rings. The minimum Gasteiger partial charge on any atom is -0.492 e. The molecule has 0 radical (unpaired) electrons. The van der Waals surface area contributed by atoms with Crippen LogP contribution >= 0.6 is 0 Å². The summed E-state index contributed by atoms with van der Waals surface area (Å²) in [6.45, 7) is 4.00. The molecule has 0 amide bonds. The van der Waals surface area contributed by atoms with Crippen molar-refractivity contribution in [1.82, 2.24) is 0 Å². The molecule has 1 aliphatic carbocycles. The maximum absolute atomic E-state index is 14.9. The van der Waals surface area contributed by atoms with Gasteiger partial charge in [0, 0.05) is 12.3 Å². The number of hydrogen-bond donors (Lipinski definition) is 2. The number of alkyl halides is 2. The van der Waals surface area contributed by atoms with Crippen LogP contribution < -0.4 is 0 Å². The molecule has 1 saturated heterocycles. The van der Waals surface area contributed by atoms with Gasteiger partial charge in [0.05, 0.1) is 0 Å². The second-order valence-corrected chi connectivity index (χ2v) is 7.85. The lowest BCUT2D eigenvalue weighted by Crippen LogP contribution is -2.24. The van der Waals surface area contributed by atoms with Crippen LogP contribution in [-0.4, -0.2) is 40.7 Å². The van der Waals surface area contributed by atoms with Gasteiger partial charge in [-0.2, -0.15) is 0 Å². The number of carboxylic acids is 1. The third-order valence-electron chi connectivity index (χ3n) is 5.71. The minimum atomic E-state index is -1.29. The molecule has 0 bridgehead atoms. The van der Waals surface area contributed by atoms with Gasteiger partial charge in [0.15, 0.2) is 6.17 Å². The first kappa shape index (κ1) is 21.9. The molecule has 0 spiro atoms. The van der Waals surface area contributed by atoms with E-state index in [1.807, 2.05) is 13.8 Å². The highest BCUT2D eigenvalue weighted by Crippen LogP contribution is 2.49. The first-order valence-corrected chi connectivity index (χ1v) is 10.1. The third-order valence-corrected chi connectivity index (χ3v) is 5.71. The van der Waals surface area contributed by atoms with Crippen LogP contribution in [0.2, 0.25) is 0 Å². The van der Waals surface area contributed by atoms with Gasteiger partial charge in [-0.3, -0.25) is 4.79 Å². The Morgan fingerprint density at radius 2 is 2.15 bits per heavy atom. The molecule has 2 fully saturated rings. The van der Waals surface area contributed by atoms with Crippen molar-refractivity contribution in [2.24, 2.45) is 17.8 Å². The number of hydrogen-bond acceptors (Lipinski definition) is 3. The summed E-state index contributed by atoms with van der Waals surface area (Å²) in [4.78, 5) is 10.6. The van der Waals surface area contributed by atoms with Gasteiger partial charge in [-0.1, -0.05) is 38.8 Å². The molecule has 2 rings (SSSR count). The fourth-order valence-electron chi connectivity index (χ4n) is 4.16. The Morgan fingerprint density at radius 1 is 1.41 bits per heavy atom. The molecular formula is C21H32F2O4. The number of halogens is 2. The van der Waals surface area contributed by atoms with E-state index in [1.54, 1.807) is 12.2 Å². The van der Waals surface area contributed by atoms with E-state index in [2.05, 4.69) is 0 Å². The lowest BCUT2D eigenvalue weighted by atomic mass is 9.86. The lowest BCUT2D eigenvalue weighted by Gasteiger charge is -2.20. The molecule has 2 aliphatic rings. The Hall–Kier alpha value is -1.43. The van der Waals surface area contributed by atoms with E-state index in [1.165, 1.54) is 6.08 Å². The fourth-order valence-corrected chi connectivity index (χ4v) is 4.16. The minimum absolute atomic E-state index is 0.0519. The second kappa shape index (κ2) is 10.2. The highest BCUT2D eigenvalue weighted by molar-refractivity contribution is 5.66. The number of unbranched alkanes of at least 4 members (excludes halogenated alkanes) is 2. The number of carboxylic acid groups (broad SMARTS) is 1. The van der Waals surface area contributed by atoms with Gasteiger partial charge < -0.3 is 14.9 Å². The van der Waals surface area contributed by atoms with Crippen LogP contribution in [-0.2, 0) is 9.53 Å². The van der Waals surface area contributed by atoms with Gasteiger partial charge in [-0.05, 0) is 43.6 Å². The van der Waals surface area contributed by atoms with Crippen LogP contribution in [0.3, 0.4) is 0 Å². The van der Waals surface area contributed by atoms with Crippen molar-refractivity contribution in [3.63, 3.8) is 0 Å². The molecule has 27 heavy (non-hydrogen) atoms. The van der Waals surface area contributed by atoms with Crippen molar-refractivity contribution < 1.29 is 28.5 Å². The van der Waals surface area contributed by atoms with Gasteiger partial charge in [0.1, 0.15) is 24.1 Å². The SMILES string of the molecule is CCCCC(F)[C@H](O)/C=C/[C@@H]1[C@H]2C(F)/C(=C/CCCC(=O)O)O[C@H]2C[C@H]1C. The van der Waals surface area contributed by atoms with Gasteiger partial charge in [-0.25, -0.2) is 8.78 Å². The summed E-state index contributed by atoms with van der Waals surface area (Å²) in [5, 5.41) is 18.7. The monoisotopic (exact) mass is 386 g/mol. The number of fused-ring (bicyclic) bond motifs is 1. The molecule has 2 unspecified atom stereocenters. The smallest absolute Gasteiger partial charge is 0.303 e. The first-order chi connectivity index (χ1) is 12.8. The maximum Gasteiger partial charge on any atom is 0.303 e. The summed E-state index contributed by atoms with van der Waals surface area (Å²) in [5.74, 6) is -0.806. The molecule has 6 heteroatoms. The number of carbonyl (C=O) groups is 1. The highest BCUT2D eigenvalue weighted by atomic mass is 19.1. The van der Waals surface area contributed by atoms with Crippen molar-refractivity contribution in [2.75, 3.05) is 0 Å². The van der Waals surface area contributed by atoms with E-state index in [-0.39, 0.29) is 30.3 Å². The summed E-state index contributed by atoms with van der Waals surface area (Å²) in [5.41, 5.74) is 0. The van der Waals surface area contributed by atoms with Crippen molar-refractivity contribution in [3.05, 3.63) is 24.0 Å². The number of ether oxygens (including phenoxy) is 1. The Labute approximate surface area is 160 Å². The zero-order valence-electron chi connectivity index (χ0n) is 16.2.